The summed E-state index contributed by atoms with van der Waals surface area (Å²) in [6.07, 6.45) is 0.550. The fourth-order valence-electron chi connectivity index (χ4n) is 1.93. The molecule has 0 aliphatic carbocycles. The maximum atomic E-state index is 11.4. The second kappa shape index (κ2) is 17.0. The molecule has 2 N–H and O–H groups in total. The van der Waals surface area contributed by atoms with Gasteiger partial charge < -0.3 is 39.5 Å². The van der Waals surface area contributed by atoms with Crippen LogP contribution in [0.25, 0.3) is 0 Å². The summed E-state index contributed by atoms with van der Waals surface area (Å²) in [6.45, 7) is 9.16. The molecule has 0 rings (SSSR count). The van der Waals surface area contributed by atoms with Gasteiger partial charge in [-0.2, -0.15) is 0 Å². The molecular weight excluding hydrogens is 384 g/mol. The normalized spacial score (nSPS) is 11.1. The van der Waals surface area contributed by atoms with E-state index in [0.29, 0.717) is 65.6 Å². The van der Waals surface area contributed by atoms with Crippen molar-refractivity contribution in [3.63, 3.8) is 0 Å². The number of ether oxygens (including phenoxy) is 4. The van der Waals surface area contributed by atoms with E-state index >= 15 is 0 Å². The lowest BCUT2D eigenvalue weighted by Crippen LogP contribution is -2.33. The molecule has 0 fully saturated rings. The van der Waals surface area contributed by atoms with Gasteiger partial charge in [-0.1, -0.05) is 0 Å². The first-order chi connectivity index (χ1) is 13.7. The molecule has 0 aromatic carbocycles. The molecule has 10 nitrogen and oxygen atoms in total. The van der Waals surface area contributed by atoms with Crippen molar-refractivity contribution in [2.24, 2.45) is 0 Å². The quantitative estimate of drug-likeness (QED) is 0.314. The van der Waals surface area contributed by atoms with E-state index in [4.69, 9.17) is 18.9 Å². The molecule has 170 valence electrons. The van der Waals surface area contributed by atoms with Crippen molar-refractivity contribution >= 4 is 18.0 Å². The third-order valence-electron chi connectivity index (χ3n) is 3.22. The first-order valence-electron chi connectivity index (χ1n) is 9.87. The van der Waals surface area contributed by atoms with E-state index < -0.39 is 17.7 Å². The summed E-state index contributed by atoms with van der Waals surface area (Å²) in [6, 6.07) is 0. The standard InChI is InChI=1S/C19H36N2O8/c1-19(2,3)29-18(25)21-9-5-11-27-13-15-28-14-12-26-10-4-8-20-16(22)6-7-17(23)24/h4-15H2,1-3H3,(H,20,22)(H,21,25)(H,23,24)/p-1. The van der Waals surface area contributed by atoms with E-state index in [2.05, 4.69) is 10.6 Å². The predicted octanol–water partition coefficient (Wildman–Crippen LogP) is -0.0126. The van der Waals surface area contributed by atoms with Gasteiger partial charge in [0.1, 0.15) is 5.60 Å². The summed E-state index contributed by atoms with van der Waals surface area (Å²) < 4.78 is 21.2. The van der Waals surface area contributed by atoms with Gasteiger partial charge in [-0.15, -0.1) is 0 Å². The van der Waals surface area contributed by atoms with Crippen LogP contribution in [0.2, 0.25) is 0 Å². The van der Waals surface area contributed by atoms with Gasteiger partial charge in [-0.3, -0.25) is 4.79 Å². The zero-order valence-corrected chi connectivity index (χ0v) is 17.8. The van der Waals surface area contributed by atoms with E-state index in [1.54, 1.807) is 0 Å². The predicted molar refractivity (Wildman–Crippen MR) is 103 cm³/mol. The van der Waals surface area contributed by atoms with Gasteiger partial charge in [0.25, 0.3) is 0 Å². The minimum Gasteiger partial charge on any atom is -0.550 e. The molecule has 0 saturated heterocycles. The van der Waals surface area contributed by atoms with Crippen molar-refractivity contribution in [2.45, 2.75) is 52.1 Å². The molecular formula is C19H35N2O8-. The van der Waals surface area contributed by atoms with E-state index in [9.17, 15) is 19.5 Å². The van der Waals surface area contributed by atoms with Crippen LogP contribution in [0, 0.1) is 0 Å². The van der Waals surface area contributed by atoms with Gasteiger partial charge in [0.15, 0.2) is 0 Å². The van der Waals surface area contributed by atoms with Gasteiger partial charge in [0.05, 0.1) is 26.4 Å². The Morgan fingerprint density at radius 3 is 1.72 bits per heavy atom. The maximum Gasteiger partial charge on any atom is 0.407 e. The molecule has 2 amide bonds. The van der Waals surface area contributed by atoms with Crippen molar-refractivity contribution in [1.29, 1.82) is 0 Å². The van der Waals surface area contributed by atoms with Crippen LogP contribution in [0.15, 0.2) is 0 Å². The molecule has 0 aliphatic rings. The molecule has 0 atom stereocenters. The lowest BCUT2D eigenvalue weighted by atomic mass is 10.2. The molecule has 0 aliphatic heterocycles. The topological polar surface area (TPSA) is 135 Å². The average Bonchev–Trinajstić information content (AvgIpc) is 2.61. The van der Waals surface area contributed by atoms with Gasteiger partial charge in [-0.25, -0.2) is 4.79 Å². The minimum absolute atomic E-state index is 0.0701. The summed E-state index contributed by atoms with van der Waals surface area (Å²) in [7, 11) is 0. The van der Waals surface area contributed by atoms with Crippen molar-refractivity contribution in [3.8, 4) is 0 Å². The molecule has 10 heteroatoms. The van der Waals surface area contributed by atoms with Crippen molar-refractivity contribution in [3.05, 3.63) is 0 Å². The summed E-state index contributed by atoms with van der Waals surface area (Å²) >= 11 is 0. The number of carboxylic acid groups (broad SMARTS) is 1. The zero-order valence-electron chi connectivity index (χ0n) is 17.8. The van der Waals surface area contributed by atoms with Crippen LogP contribution in [-0.4, -0.2) is 76.3 Å². The van der Waals surface area contributed by atoms with Crippen LogP contribution < -0.4 is 15.7 Å². The molecule has 0 aromatic rings. The van der Waals surface area contributed by atoms with Crippen LogP contribution in [0.5, 0.6) is 0 Å². The van der Waals surface area contributed by atoms with Crippen LogP contribution in [-0.2, 0) is 28.5 Å². The highest BCUT2D eigenvalue weighted by Gasteiger charge is 2.15. The number of nitrogens with one attached hydrogen (secondary N) is 2. The molecule has 0 bridgehead atoms. The molecule has 0 aromatic heterocycles. The summed E-state index contributed by atoms with van der Waals surface area (Å²) in [5.41, 5.74) is -0.501. The number of rotatable bonds is 17. The van der Waals surface area contributed by atoms with E-state index in [1.807, 2.05) is 20.8 Å². The average molecular weight is 419 g/mol. The Hall–Kier alpha value is -1.91. The number of carbonyl (C=O) groups excluding carboxylic acids is 3. The largest absolute Gasteiger partial charge is 0.550 e. The number of hydrogen-bond acceptors (Lipinski definition) is 8. The van der Waals surface area contributed by atoms with Crippen molar-refractivity contribution in [2.75, 3.05) is 52.7 Å². The maximum absolute atomic E-state index is 11.4. The summed E-state index contributed by atoms with van der Waals surface area (Å²) in [4.78, 5) is 32.9. The molecule has 0 unspecified atom stereocenters. The number of aliphatic carboxylic acids is 1. The second-order valence-electron chi connectivity index (χ2n) is 7.19. The van der Waals surface area contributed by atoms with Gasteiger partial charge >= 0.3 is 6.09 Å². The number of carboxylic acids is 1. The first-order valence-corrected chi connectivity index (χ1v) is 9.87. The Labute approximate surface area is 172 Å². The Balaban J connectivity index is 3.23. The lowest BCUT2D eigenvalue weighted by Gasteiger charge is -2.19. The van der Waals surface area contributed by atoms with E-state index in [0.717, 1.165) is 0 Å². The monoisotopic (exact) mass is 419 g/mol. The van der Waals surface area contributed by atoms with Crippen molar-refractivity contribution < 1.29 is 38.4 Å². The number of alkyl carbamates (subject to hydrolysis) is 1. The third-order valence-corrected chi connectivity index (χ3v) is 3.22. The fourth-order valence-corrected chi connectivity index (χ4v) is 1.93. The van der Waals surface area contributed by atoms with Crippen LogP contribution in [0.3, 0.4) is 0 Å². The highest BCUT2D eigenvalue weighted by Crippen LogP contribution is 2.06. The van der Waals surface area contributed by atoms with Crippen molar-refractivity contribution in [1.82, 2.24) is 10.6 Å². The molecule has 0 saturated carbocycles. The Morgan fingerprint density at radius 1 is 0.759 bits per heavy atom. The van der Waals surface area contributed by atoms with Crippen LogP contribution in [0.4, 0.5) is 4.79 Å². The van der Waals surface area contributed by atoms with Gasteiger partial charge in [0.2, 0.25) is 5.91 Å². The van der Waals surface area contributed by atoms with Crippen LogP contribution in [0.1, 0.15) is 46.5 Å². The minimum atomic E-state index is -1.23. The third kappa shape index (κ3) is 22.2. The Kier molecular flexibility index (Phi) is 15.9. The number of amides is 2. The van der Waals surface area contributed by atoms with Gasteiger partial charge in [0, 0.05) is 38.7 Å². The number of hydrogen-bond donors (Lipinski definition) is 2. The summed E-state index contributed by atoms with van der Waals surface area (Å²) in [5.74, 6) is -1.54. The SMILES string of the molecule is CC(C)(C)OC(=O)NCCCOCCOCCOCCCNC(=O)CCC(=O)[O-]. The first kappa shape index (κ1) is 27.1. The highest BCUT2D eigenvalue weighted by molar-refractivity contribution is 5.79. The van der Waals surface area contributed by atoms with E-state index in [-0.39, 0.29) is 18.7 Å². The fraction of sp³-hybridized carbons (Fsp3) is 0.842. The molecule has 0 radical (unpaired) electrons. The lowest BCUT2D eigenvalue weighted by molar-refractivity contribution is -0.305. The Bertz CT molecular complexity index is 466. The molecule has 0 spiro atoms. The second-order valence-corrected chi connectivity index (χ2v) is 7.19. The zero-order chi connectivity index (χ0) is 22.0. The van der Waals surface area contributed by atoms with Gasteiger partial charge in [-0.05, 0) is 40.0 Å². The smallest absolute Gasteiger partial charge is 0.407 e. The molecule has 0 heterocycles. The summed E-state index contributed by atoms with van der Waals surface area (Å²) in [5, 5.41) is 15.5. The highest BCUT2D eigenvalue weighted by atomic mass is 16.6. The van der Waals surface area contributed by atoms with E-state index in [1.165, 1.54) is 0 Å². The Morgan fingerprint density at radius 2 is 1.24 bits per heavy atom. The molecule has 29 heavy (non-hydrogen) atoms. The number of carbonyl (C=O) groups is 3. The van der Waals surface area contributed by atoms with Crippen LogP contribution >= 0.6 is 0 Å².